The van der Waals surface area contributed by atoms with Gasteiger partial charge in [0.2, 0.25) is 0 Å². The van der Waals surface area contributed by atoms with Crippen LogP contribution in [0.15, 0.2) is 76.5 Å². The van der Waals surface area contributed by atoms with Gasteiger partial charge in [-0.05, 0) is 61.5 Å². The summed E-state index contributed by atoms with van der Waals surface area (Å²) in [4.78, 5) is -0.562. The number of fused-ring (bicyclic) bond motifs is 1. The lowest BCUT2D eigenvalue weighted by molar-refractivity contribution is 0.340. The van der Waals surface area contributed by atoms with Crippen LogP contribution in [0.5, 0.6) is 5.75 Å². The number of anilines is 1. The van der Waals surface area contributed by atoms with Crippen LogP contribution >= 0.6 is 0 Å². The quantitative estimate of drug-likeness (QED) is 0.423. The van der Waals surface area contributed by atoms with E-state index in [0.29, 0.717) is 17.7 Å². The summed E-state index contributed by atoms with van der Waals surface area (Å²) in [5, 5.41) is 8.01. The van der Waals surface area contributed by atoms with Crippen molar-refractivity contribution in [1.82, 2.24) is 10.2 Å². The maximum Gasteiger partial charge on any atom is 0.263 e. The van der Waals surface area contributed by atoms with Crippen molar-refractivity contribution in [3.63, 3.8) is 0 Å². The fourth-order valence-electron chi connectivity index (χ4n) is 3.36. The minimum absolute atomic E-state index is 0.257. The highest BCUT2D eigenvalue weighted by molar-refractivity contribution is 7.95. The zero-order valence-electron chi connectivity index (χ0n) is 17.4. The number of H-pyrrole nitrogens is 1. The number of benzene rings is 3. The van der Waals surface area contributed by atoms with Crippen LogP contribution in [0, 0.1) is 0 Å². The number of ether oxygens (including phenoxy) is 1. The largest absolute Gasteiger partial charge is 0.494 e. The molecule has 0 radical (unpaired) electrons. The number of aromatic amines is 1. The molecule has 0 bridgehead atoms. The molecule has 0 saturated heterocycles. The van der Waals surface area contributed by atoms with Gasteiger partial charge in [-0.15, -0.1) is 0 Å². The Morgan fingerprint density at radius 2 is 1.62 bits per heavy atom. The second-order valence-corrected chi connectivity index (χ2v) is 10.7. The Labute approximate surface area is 186 Å². The van der Waals surface area contributed by atoms with Crippen molar-refractivity contribution < 1.29 is 21.6 Å². The number of nitrogens with zero attached hydrogens (tertiary/aromatic N) is 1. The molecule has 0 saturated carbocycles. The number of sulfonamides is 1. The summed E-state index contributed by atoms with van der Waals surface area (Å²) in [6.45, 7) is 2.47. The molecule has 10 heteroatoms. The first kappa shape index (κ1) is 21.8. The summed E-state index contributed by atoms with van der Waals surface area (Å²) in [5.41, 5.74) is 2.51. The Balaban J connectivity index is 1.72. The zero-order chi connectivity index (χ0) is 22.9. The SMILES string of the molecule is CCOc1ccc(-c2n[nH]c3ccc(NS(=O)(=O)c4ccccc4S(C)(=O)=O)cc23)cc1. The van der Waals surface area contributed by atoms with Crippen LogP contribution < -0.4 is 9.46 Å². The molecule has 166 valence electrons. The monoisotopic (exact) mass is 471 g/mol. The van der Waals surface area contributed by atoms with Crippen LogP contribution in [0.3, 0.4) is 0 Å². The molecule has 0 aliphatic heterocycles. The number of hydrogen-bond donors (Lipinski definition) is 2. The smallest absolute Gasteiger partial charge is 0.263 e. The first-order valence-electron chi connectivity index (χ1n) is 9.72. The van der Waals surface area contributed by atoms with Crippen LogP contribution in [-0.2, 0) is 19.9 Å². The molecule has 1 heterocycles. The van der Waals surface area contributed by atoms with Crippen molar-refractivity contribution in [2.75, 3.05) is 17.6 Å². The van der Waals surface area contributed by atoms with Crippen molar-refractivity contribution in [1.29, 1.82) is 0 Å². The van der Waals surface area contributed by atoms with E-state index in [9.17, 15) is 16.8 Å². The highest BCUT2D eigenvalue weighted by Crippen LogP contribution is 2.31. The number of rotatable bonds is 7. The van der Waals surface area contributed by atoms with Gasteiger partial charge in [-0.2, -0.15) is 5.10 Å². The number of sulfone groups is 1. The predicted molar refractivity (Wildman–Crippen MR) is 123 cm³/mol. The molecule has 0 aliphatic rings. The first-order chi connectivity index (χ1) is 15.2. The molecule has 0 spiro atoms. The molecule has 1 aromatic heterocycles. The lowest BCUT2D eigenvalue weighted by Crippen LogP contribution is -2.16. The molecule has 32 heavy (non-hydrogen) atoms. The standard InChI is InChI=1S/C22H21N3O5S2/c1-3-30-17-11-8-15(9-12-17)22-18-14-16(10-13-19(18)23-24-22)25-32(28,29)21-7-5-4-6-20(21)31(2,26)27/h4-14,25H,3H2,1-2H3,(H,23,24). The Bertz CT molecular complexity index is 1490. The van der Waals surface area contributed by atoms with E-state index in [2.05, 4.69) is 14.9 Å². The van der Waals surface area contributed by atoms with Gasteiger partial charge in [0, 0.05) is 22.9 Å². The number of hydrogen-bond acceptors (Lipinski definition) is 6. The Morgan fingerprint density at radius 1 is 0.938 bits per heavy atom. The molecule has 2 N–H and O–H groups in total. The molecular weight excluding hydrogens is 450 g/mol. The third kappa shape index (κ3) is 4.32. The lowest BCUT2D eigenvalue weighted by Gasteiger charge is -2.11. The Kier molecular flexibility index (Phi) is 5.66. The topological polar surface area (TPSA) is 118 Å². The predicted octanol–water partition coefficient (Wildman–Crippen LogP) is 3.83. The zero-order valence-corrected chi connectivity index (χ0v) is 19.0. The maximum atomic E-state index is 13.0. The molecule has 4 aromatic rings. The van der Waals surface area contributed by atoms with Gasteiger partial charge in [-0.3, -0.25) is 9.82 Å². The van der Waals surface area contributed by atoms with Crippen molar-refractivity contribution in [2.24, 2.45) is 0 Å². The van der Waals surface area contributed by atoms with Gasteiger partial charge >= 0.3 is 0 Å². The molecule has 0 amide bonds. The van der Waals surface area contributed by atoms with Crippen LogP contribution in [0.4, 0.5) is 5.69 Å². The summed E-state index contributed by atoms with van der Waals surface area (Å²) < 4.78 is 58.0. The summed E-state index contributed by atoms with van der Waals surface area (Å²) in [5.74, 6) is 0.745. The van der Waals surface area contributed by atoms with E-state index in [1.165, 1.54) is 24.3 Å². The number of nitrogens with one attached hydrogen (secondary N) is 2. The minimum atomic E-state index is -4.14. The van der Waals surface area contributed by atoms with E-state index in [1.54, 1.807) is 18.2 Å². The van der Waals surface area contributed by atoms with Crippen molar-refractivity contribution in [3.8, 4) is 17.0 Å². The van der Waals surface area contributed by atoms with Gasteiger partial charge in [0.15, 0.2) is 9.84 Å². The third-order valence-corrected chi connectivity index (χ3v) is 7.52. The summed E-state index contributed by atoms with van der Waals surface area (Å²) >= 11 is 0. The minimum Gasteiger partial charge on any atom is -0.494 e. The fourth-order valence-corrected chi connectivity index (χ4v) is 6.04. The van der Waals surface area contributed by atoms with Crippen molar-refractivity contribution in [3.05, 3.63) is 66.7 Å². The molecule has 0 fully saturated rings. The average molecular weight is 472 g/mol. The Morgan fingerprint density at radius 3 is 2.28 bits per heavy atom. The number of aromatic nitrogens is 2. The van der Waals surface area contributed by atoms with E-state index < -0.39 is 19.9 Å². The summed E-state index contributed by atoms with van der Waals surface area (Å²) in [6, 6.07) is 17.9. The van der Waals surface area contributed by atoms with Gasteiger partial charge in [0.05, 0.1) is 22.7 Å². The summed E-state index contributed by atoms with van der Waals surface area (Å²) in [7, 11) is -7.87. The Hall–Kier alpha value is -3.37. The van der Waals surface area contributed by atoms with E-state index >= 15 is 0 Å². The van der Waals surface area contributed by atoms with E-state index in [0.717, 1.165) is 23.1 Å². The van der Waals surface area contributed by atoms with Crippen LogP contribution in [0.1, 0.15) is 6.92 Å². The molecular formula is C22H21N3O5S2. The second kappa shape index (κ2) is 8.29. The molecule has 8 nitrogen and oxygen atoms in total. The van der Waals surface area contributed by atoms with Crippen molar-refractivity contribution in [2.45, 2.75) is 16.7 Å². The molecule has 0 unspecified atom stereocenters. The lowest BCUT2D eigenvalue weighted by atomic mass is 10.1. The highest BCUT2D eigenvalue weighted by Gasteiger charge is 2.24. The normalized spacial score (nSPS) is 12.1. The van der Waals surface area contributed by atoms with E-state index in [-0.39, 0.29) is 15.5 Å². The molecule has 3 aromatic carbocycles. The maximum absolute atomic E-state index is 13.0. The van der Waals surface area contributed by atoms with E-state index in [4.69, 9.17) is 4.74 Å². The second-order valence-electron chi connectivity index (χ2n) is 7.11. The van der Waals surface area contributed by atoms with Gasteiger partial charge in [0.25, 0.3) is 10.0 Å². The van der Waals surface area contributed by atoms with Crippen LogP contribution in [0.2, 0.25) is 0 Å². The molecule has 4 rings (SSSR count). The van der Waals surface area contributed by atoms with Crippen molar-refractivity contribution >= 4 is 36.5 Å². The first-order valence-corrected chi connectivity index (χ1v) is 13.1. The molecule has 0 aliphatic carbocycles. The van der Waals surface area contributed by atoms with Gasteiger partial charge in [-0.1, -0.05) is 12.1 Å². The molecule has 0 atom stereocenters. The van der Waals surface area contributed by atoms with Gasteiger partial charge < -0.3 is 4.74 Å². The van der Waals surface area contributed by atoms with Gasteiger partial charge in [-0.25, -0.2) is 16.8 Å². The van der Waals surface area contributed by atoms with Crippen LogP contribution in [-0.4, -0.2) is 39.9 Å². The highest BCUT2D eigenvalue weighted by atomic mass is 32.2. The van der Waals surface area contributed by atoms with E-state index in [1.807, 2.05) is 31.2 Å². The fraction of sp³-hybridized carbons (Fsp3) is 0.136. The van der Waals surface area contributed by atoms with Gasteiger partial charge in [0.1, 0.15) is 10.6 Å². The average Bonchev–Trinajstić information content (AvgIpc) is 3.17. The van der Waals surface area contributed by atoms with Crippen LogP contribution in [0.25, 0.3) is 22.2 Å². The summed E-state index contributed by atoms with van der Waals surface area (Å²) in [6.07, 6.45) is 0.974. The third-order valence-electron chi connectivity index (χ3n) is 4.79.